The van der Waals surface area contributed by atoms with Crippen LogP contribution >= 0.6 is 0 Å². The first-order chi connectivity index (χ1) is 12.7. The molecule has 26 heavy (non-hydrogen) atoms. The number of hydrogen-bond donors (Lipinski definition) is 2. The summed E-state index contributed by atoms with van der Waals surface area (Å²) in [5.41, 5.74) is 3.27. The zero-order chi connectivity index (χ0) is 17.9. The summed E-state index contributed by atoms with van der Waals surface area (Å²) in [6.07, 6.45) is 3.50. The Hall–Kier alpha value is -2.99. The monoisotopic (exact) mass is 348 g/mol. The maximum atomic E-state index is 12.3. The Bertz CT molecular complexity index is 928. The average molecular weight is 348 g/mol. The van der Waals surface area contributed by atoms with Crippen LogP contribution in [-0.4, -0.2) is 40.0 Å². The van der Waals surface area contributed by atoms with Gasteiger partial charge in [0.1, 0.15) is 0 Å². The molecule has 0 aliphatic carbocycles. The van der Waals surface area contributed by atoms with Crippen LogP contribution in [0.25, 0.3) is 10.9 Å². The molecule has 2 N–H and O–H groups in total. The molecule has 0 atom stereocenters. The molecule has 0 saturated heterocycles. The second-order valence-corrected chi connectivity index (χ2v) is 6.48. The number of nitrogens with one attached hydrogen (secondary N) is 2. The van der Waals surface area contributed by atoms with E-state index in [4.69, 9.17) is 0 Å². The van der Waals surface area contributed by atoms with Crippen LogP contribution in [0.5, 0.6) is 0 Å². The molecule has 0 spiro atoms. The summed E-state index contributed by atoms with van der Waals surface area (Å²) >= 11 is 0. The number of carbonyl (C=O) groups is 2. The normalized spacial score (nSPS) is 13.6. The smallest absolute Gasteiger partial charge is 0.261 e. The van der Waals surface area contributed by atoms with Crippen LogP contribution < -0.4 is 5.32 Å². The number of carbonyl (C=O) groups excluding carboxylic acids is 2. The van der Waals surface area contributed by atoms with E-state index in [9.17, 15) is 9.59 Å². The van der Waals surface area contributed by atoms with E-state index in [2.05, 4.69) is 33.7 Å². The van der Waals surface area contributed by atoms with Gasteiger partial charge in [0.2, 0.25) is 0 Å². The van der Waals surface area contributed by atoms with Crippen LogP contribution in [0.1, 0.15) is 39.1 Å². The number of unbranched alkanes of at least 4 members (excludes halogenated alkanes) is 1. The van der Waals surface area contributed by atoms with Gasteiger partial charge in [-0.05, 0) is 43.1 Å². The van der Waals surface area contributed by atoms with E-state index in [0.717, 1.165) is 36.8 Å². The van der Waals surface area contributed by atoms with E-state index < -0.39 is 0 Å². The third-order valence-electron chi connectivity index (χ3n) is 4.70. The summed E-state index contributed by atoms with van der Waals surface area (Å²) in [5, 5.41) is 11.5. The third-order valence-corrected chi connectivity index (χ3v) is 4.70. The molecule has 0 fully saturated rings. The van der Waals surface area contributed by atoms with Crippen LogP contribution in [0.3, 0.4) is 0 Å². The fourth-order valence-electron chi connectivity index (χ4n) is 3.29. The average Bonchev–Trinajstić information content (AvgIpc) is 3.22. The molecule has 4 rings (SSSR count). The number of rotatable bonds is 7. The highest BCUT2D eigenvalue weighted by atomic mass is 16.2. The van der Waals surface area contributed by atoms with Gasteiger partial charge in [-0.3, -0.25) is 19.6 Å². The lowest BCUT2D eigenvalue weighted by Gasteiger charge is -2.13. The maximum absolute atomic E-state index is 12.3. The maximum Gasteiger partial charge on any atom is 0.261 e. The quantitative estimate of drug-likeness (QED) is 0.508. The summed E-state index contributed by atoms with van der Waals surface area (Å²) in [4.78, 5) is 25.9. The number of fused-ring (bicyclic) bond motifs is 2. The number of nitrogens with zero attached hydrogens (tertiary/aromatic N) is 2. The molecular formula is C20H20N4O2. The minimum Gasteiger partial charge on any atom is -0.313 e. The van der Waals surface area contributed by atoms with E-state index in [1.807, 2.05) is 6.20 Å². The first-order valence-electron chi connectivity index (χ1n) is 8.82. The molecule has 0 unspecified atom stereocenters. The van der Waals surface area contributed by atoms with Crippen molar-refractivity contribution in [3.63, 3.8) is 0 Å². The van der Waals surface area contributed by atoms with Gasteiger partial charge in [0.25, 0.3) is 11.8 Å². The van der Waals surface area contributed by atoms with E-state index in [-0.39, 0.29) is 11.8 Å². The third kappa shape index (κ3) is 3.11. The molecule has 3 aromatic rings. The van der Waals surface area contributed by atoms with Gasteiger partial charge >= 0.3 is 0 Å². The lowest BCUT2D eigenvalue weighted by atomic mass is 10.1. The van der Waals surface area contributed by atoms with Crippen molar-refractivity contribution >= 4 is 22.7 Å². The number of aromatic amines is 1. The van der Waals surface area contributed by atoms with E-state index in [1.165, 1.54) is 10.5 Å². The highest BCUT2D eigenvalue weighted by Gasteiger charge is 2.34. The molecule has 2 heterocycles. The van der Waals surface area contributed by atoms with Crippen LogP contribution in [0.2, 0.25) is 0 Å². The van der Waals surface area contributed by atoms with Crippen LogP contribution in [-0.2, 0) is 6.54 Å². The molecule has 1 aromatic heterocycles. The van der Waals surface area contributed by atoms with Crippen molar-refractivity contribution in [2.45, 2.75) is 19.4 Å². The molecule has 1 aliphatic rings. The molecule has 6 heteroatoms. The Morgan fingerprint density at radius 1 is 1.00 bits per heavy atom. The SMILES string of the molecule is O=C1c2ccccc2C(=O)N1CCCCNCc1ccc2cn[nH]c2c1. The van der Waals surface area contributed by atoms with E-state index >= 15 is 0 Å². The number of hydrogen-bond acceptors (Lipinski definition) is 4. The molecule has 0 radical (unpaired) electrons. The Labute approximate surface area is 151 Å². The molecule has 1 aliphatic heterocycles. The minimum atomic E-state index is -0.175. The first kappa shape index (κ1) is 16.5. The van der Waals surface area contributed by atoms with Crippen molar-refractivity contribution < 1.29 is 9.59 Å². The molecule has 132 valence electrons. The minimum absolute atomic E-state index is 0.175. The van der Waals surface area contributed by atoms with Gasteiger partial charge in [-0.15, -0.1) is 0 Å². The second-order valence-electron chi connectivity index (χ2n) is 6.48. The van der Waals surface area contributed by atoms with Crippen molar-refractivity contribution in [1.82, 2.24) is 20.4 Å². The Kier molecular flexibility index (Phi) is 4.50. The number of amides is 2. The molecule has 0 saturated carbocycles. The van der Waals surface area contributed by atoms with Gasteiger partial charge in [-0.2, -0.15) is 5.10 Å². The second kappa shape index (κ2) is 7.09. The molecule has 2 aromatic carbocycles. The van der Waals surface area contributed by atoms with E-state index in [1.54, 1.807) is 24.3 Å². The van der Waals surface area contributed by atoms with Gasteiger partial charge < -0.3 is 5.32 Å². The van der Waals surface area contributed by atoms with Crippen molar-refractivity contribution in [2.24, 2.45) is 0 Å². The van der Waals surface area contributed by atoms with Gasteiger partial charge in [0.15, 0.2) is 0 Å². The Morgan fingerprint density at radius 2 is 1.77 bits per heavy atom. The van der Waals surface area contributed by atoms with Gasteiger partial charge in [-0.1, -0.05) is 24.3 Å². The van der Waals surface area contributed by atoms with E-state index in [0.29, 0.717) is 17.7 Å². The number of imide groups is 1. The van der Waals surface area contributed by atoms with Gasteiger partial charge in [-0.25, -0.2) is 0 Å². The highest BCUT2D eigenvalue weighted by Crippen LogP contribution is 2.22. The standard InChI is InChI=1S/C20H20N4O2/c25-19-16-5-1-2-6-17(16)20(26)24(19)10-4-3-9-21-12-14-7-8-15-13-22-23-18(15)11-14/h1-2,5-8,11,13,21H,3-4,9-10,12H2,(H,22,23). The number of H-pyrrole nitrogens is 1. The Balaban J connectivity index is 1.21. The molecule has 0 bridgehead atoms. The van der Waals surface area contributed by atoms with Crippen molar-refractivity contribution in [2.75, 3.05) is 13.1 Å². The number of aromatic nitrogens is 2. The zero-order valence-corrected chi connectivity index (χ0v) is 14.4. The fourth-order valence-corrected chi connectivity index (χ4v) is 3.29. The summed E-state index contributed by atoms with van der Waals surface area (Å²) in [5.74, 6) is -0.349. The first-order valence-corrected chi connectivity index (χ1v) is 8.82. The predicted molar refractivity (Wildman–Crippen MR) is 98.8 cm³/mol. The summed E-state index contributed by atoms with van der Waals surface area (Å²) in [7, 11) is 0. The van der Waals surface area contributed by atoms with Crippen molar-refractivity contribution in [3.05, 3.63) is 65.4 Å². The van der Waals surface area contributed by atoms with Crippen LogP contribution in [0.15, 0.2) is 48.7 Å². The predicted octanol–water partition coefficient (Wildman–Crippen LogP) is 2.73. The summed E-state index contributed by atoms with van der Waals surface area (Å²) in [6, 6.07) is 13.2. The van der Waals surface area contributed by atoms with Gasteiger partial charge in [0.05, 0.1) is 22.8 Å². The van der Waals surface area contributed by atoms with Crippen LogP contribution in [0, 0.1) is 0 Å². The van der Waals surface area contributed by atoms with Crippen molar-refractivity contribution in [1.29, 1.82) is 0 Å². The highest BCUT2D eigenvalue weighted by molar-refractivity contribution is 6.21. The largest absolute Gasteiger partial charge is 0.313 e. The lowest BCUT2D eigenvalue weighted by Crippen LogP contribution is -2.31. The Morgan fingerprint density at radius 3 is 2.54 bits per heavy atom. The number of benzene rings is 2. The van der Waals surface area contributed by atoms with Gasteiger partial charge in [0, 0.05) is 18.5 Å². The summed E-state index contributed by atoms with van der Waals surface area (Å²) in [6.45, 7) is 2.08. The molecule has 2 amide bonds. The lowest BCUT2D eigenvalue weighted by molar-refractivity contribution is 0.0651. The molecule has 6 nitrogen and oxygen atoms in total. The van der Waals surface area contributed by atoms with Crippen LogP contribution in [0.4, 0.5) is 0 Å². The zero-order valence-electron chi connectivity index (χ0n) is 14.4. The molecular weight excluding hydrogens is 328 g/mol. The fraction of sp³-hybridized carbons (Fsp3) is 0.250. The topological polar surface area (TPSA) is 78.1 Å². The summed E-state index contributed by atoms with van der Waals surface area (Å²) < 4.78 is 0. The van der Waals surface area contributed by atoms with Crippen molar-refractivity contribution in [3.8, 4) is 0 Å².